The fraction of sp³-hybridized carbons (Fsp3) is 0.188. The topological polar surface area (TPSA) is 29.1 Å². The third-order valence-corrected chi connectivity index (χ3v) is 4.09. The van der Waals surface area contributed by atoms with Crippen molar-refractivity contribution in [2.45, 2.75) is 12.5 Å². The maximum Gasteiger partial charge on any atom is 0.224 e. The minimum absolute atomic E-state index is 0.00384. The molecule has 2 aromatic rings. The van der Waals surface area contributed by atoms with Crippen LogP contribution < -0.4 is 5.32 Å². The zero-order valence-electron chi connectivity index (χ0n) is 10.9. The predicted molar refractivity (Wildman–Crippen MR) is 89.0 cm³/mol. The van der Waals surface area contributed by atoms with E-state index < -0.39 is 0 Å². The van der Waals surface area contributed by atoms with Crippen LogP contribution >= 0.6 is 31.9 Å². The molecule has 0 radical (unpaired) electrons. The molecule has 0 heterocycles. The van der Waals surface area contributed by atoms with Gasteiger partial charge in [0.2, 0.25) is 5.91 Å². The van der Waals surface area contributed by atoms with E-state index in [4.69, 9.17) is 0 Å². The largest absolute Gasteiger partial charge is 0.348 e. The van der Waals surface area contributed by atoms with Crippen LogP contribution in [0, 0.1) is 0 Å². The normalized spacial score (nSPS) is 11.9. The number of rotatable bonds is 5. The molecule has 0 aromatic heterocycles. The average Bonchev–Trinajstić information content (AvgIpc) is 2.45. The highest BCUT2D eigenvalue weighted by Crippen LogP contribution is 2.16. The Morgan fingerprint density at radius 2 is 1.85 bits per heavy atom. The number of alkyl halides is 1. The van der Waals surface area contributed by atoms with E-state index in [1.807, 2.05) is 54.6 Å². The van der Waals surface area contributed by atoms with Crippen molar-refractivity contribution in [2.24, 2.45) is 0 Å². The van der Waals surface area contributed by atoms with Crippen LogP contribution in [0.15, 0.2) is 59.1 Å². The van der Waals surface area contributed by atoms with E-state index in [0.29, 0.717) is 11.8 Å². The Labute approximate surface area is 135 Å². The van der Waals surface area contributed by atoms with Gasteiger partial charge in [-0.3, -0.25) is 4.79 Å². The lowest BCUT2D eigenvalue weighted by atomic mass is 10.1. The van der Waals surface area contributed by atoms with Crippen molar-refractivity contribution in [3.8, 4) is 0 Å². The second-order valence-corrected chi connectivity index (χ2v) is 6.05. The molecule has 104 valence electrons. The van der Waals surface area contributed by atoms with Gasteiger partial charge in [-0.15, -0.1) is 0 Å². The molecule has 0 spiro atoms. The summed E-state index contributed by atoms with van der Waals surface area (Å²) in [5.41, 5.74) is 2.10. The van der Waals surface area contributed by atoms with Gasteiger partial charge in [-0.25, -0.2) is 0 Å². The van der Waals surface area contributed by atoms with Crippen molar-refractivity contribution in [1.82, 2.24) is 5.32 Å². The Kier molecular flexibility index (Phi) is 5.80. The summed E-state index contributed by atoms with van der Waals surface area (Å²) >= 11 is 6.87. The van der Waals surface area contributed by atoms with Gasteiger partial charge < -0.3 is 5.32 Å². The molecule has 0 aliphatic heterocycles. The summed E-state index contributed by atoms with van der Waals surface area (Å²) in [6.45, 7) is 0. The van der Waals surface area contributed by atoms with Crippen LogP contribution in [0.2, 0.25) is 0 Å². The molecule has 0 aliphatic carbocycles. The number of hydrogen-bond donors (Lipinski definition) is 1. The molecule has 0 saturated carbocycles. The molecule has 2 rings (SSSR count). The molecule has 0 fully saturated rings. The summed E-state index contributed by atoms with van der Waals surface area (Å²) in [7, 11) is 0. The quantitative estimate of drug-likeness (QED) is 0.752. The number of amides is 1. The highest BCUT2D eigenvalue weighted by molar-refractivity contribution is 9.10. The molecule has 1 unspecified atom stereocenters. The number of nitrogens with one attached hydrogen (secondary N) is 1. The highest BCUT2D eigenvalue weighted by Gasteiger charge is 2.13. The Hall–Kier alpha value is -1.13. The lowest BCUT2D eigenvalue weighted by molar-refractivity contribution is -0.121. The molecule has 0 bridgehead atoms. The minimum atomic E-state index is -0.00384. The van der Waals surface area contributed by atoms with Gasteiger partial charge in [0, 0.05) is 9.80 Å². The molecular weight excluding hydrogens is 382 g/mol. The molecule has 2 aromatic carbocycles. The lowest BCUT2D eigenvalue weighted by Crippen LogP contribution is -2.30. The summed E-state index contributed by atoms with van der Waals surface area (Å²) in [5.74, 6) is 0.0244. The third-order valence-electron chi connectivity index (χ3n) is 2.95. The van der Waals surface area contributed by atoms with Gasteiger partial charge in [0.1, 0.15) is 0 Å². The molecule has 1 amide bonds. The van der Waals surface area contributed by atoms with Crippen molar-refractivity contribution in [1.29, 1.82) is 0 Å². The van der Waals surface area contributed by atoms with Crippen LogP contribution in [-0.4, -0.2) is 11.2 Å². The molecule has 1 atom stereocenters. The van der Waals surface area contributed by atoms with Crippen LogP contribution in [0.3, 0.4) is 0 Å². The van der Waals surface area contributed by atoms with Crippen LogP contribution in [0.5, 0.6) is 0 Å². The summed E-state index contributed by atoms with van der Waals surface area (Å²) < 4.78 is 0.989. The van der Waals surface area contributed by atoms with Crippen LogP contribution in [-0.2, 0) is 11.2 Å². The Balaban J connectivity index is 2.00. The van der Waals surface area contributed by atoms with E-state index in [2.05, 4.69) is 37.2 Å². The monoisotopic (exact) mass is 395 g/mol. The highest BCUT2D eigenvalue weighted by atomic mass is 79.9. The van der Waals surface area contributed by atoms with E-state index in [-0.39, 0.29) is 11.9 Å². The Bertz CT molecular complexity index is 572. The molecule has 0 saturated heterocycles. The zero-order chi connectivity index (χ0) is 14.4. The van der Waals surface area contributed by atoms with E-state index in [0.717, 1.165) is 15.6 Å². The molecule has 0 aliphatic rings. The van der Waals surface area contributed by atoms with E-state index >= 15 is 0 Å². The van der Waals surface area contributed by atoms with Gasteiger partial charge in [0.05, 0.1) is 12.5 Å². The predicted octanol–water partition coefficient (Wildman–Crippen LogP) is 4.24. The van der Waals surface area contributed by atoms with Crippen molar-refractivity contribution in [3.63, 3.8) is 0 Å². The molecule has 1 N–H and O–H groups in total. The maximum atomic E-state index is 12.1. The van der Waals surface area contributed by atoms with Gasteiger partial charge in [-0.2, -0.15) is 0 Å². The smallest absolute Gasteiger partial charge is 0.224 e. The lowest BCUT2D eigenvalue weighted by Gasteiger charge is -2.16. The standard InChI is InChI=1S/C16H15Br2NO/c17-11-15(13-6-2-1-3-7-13)19-16(20)10-12-5-4-8-14(18)9-12/h1-9,15H,10-11H2,(H,19,20). The van der Waals surface area contributed by atoms with Crippen molar-refractivity contribution in [3.05, 3.63) is 70.2 Å². The first kappa shape index (κ1) is 15.3. The molecule has 20 heavy (non-hydrogen) atoms. The first-order chi connectivity index (χ1) is 9.69. The number of carbonyl (C=O) groups excluding carboxylic acids is 1. The second-order valence-electron chi connectivity index (χ2n) is 4.49. The molecule has 4 heteroatoms. The average molecular weight is 397 g/mol. The number of halogens is 2. The first-order valence-electron chi connectivity index (χ1n) is 6.34. The zero-order valence-corrected chi connectivity index (χ0v) is 14.0. The van der Waals surface area contributed by atoms with Crippen LogP contribution in [0.4, 0.5) is 0 Å². The number of hydrogen-bond acceptors (Lipinski definition) is 1. The van der Waals surface area contributed by atoms with Gasteiger partial charge in [-0.05, 0) is 23.3 Å². The minimum Gasteiger partial charge on any atom is -0.348 e. The molecule has 2 nitrogen and oxygen atoms in total. The Morgan fingerprint density at radius 3 is 2.50 bits per heavy atom. The summed E-state index contributed by atoms with van der Waals surface area (Å²) in [6.07, 6.45) is 0.385. The first-order valence-corrected chi connectivity index (χ1v) is 8.25. The van der Waals surface area contributed by atoms with Crippen molar-refractivity contribution < 1.29 is 4.79 Å². The summed E-state index contributed by atoms with van der Waals surface area (Å²) in [4.78, 5) is 12.1. The van der Waals surface area contributed by atoms with Crippen molar-refractivity contribution in [2.75, 3.05) is 5.33 Å². The Morgan fingerprint density at radius 1 is 1.10 bits per heavy atom. The van der Waals surface area contributed by atoms with Gasteiger partial charge in [-0.1, -0.05) is 74.3 Å². The fourth-order valence-electron chi connectivity index (χ4n) is 1.97. The maximum absolute atomic E-state index is 12.1. The summed E-state index contributed by atoms with van der Waals surface area (Å²) in [6, 6.07) is 17.8. The van der Waals surface area contributed by atoms with E-state index in [9.17, 15) is 4.79 Å². The molecular formula is C16H15Br2NO. The van der Waals surface area contributed by atoms with E-state index in [1.165, 1.54) is 0 Å². The van der Waals surface area contributed by atoms with Gasteiger partial charge >= 0.3 is 0 Å². The second kappa shape index (κ2) is 7.60. The summed E-state index contributed by atoms with van der Waals surface area (Å²) in [5, 5.41) is 3.75. The van der Waals surface area contributed by atoms with E-state index in [1.54, 1.807) is 0 Å². The third kappa shape index (κ3) is 4.46. The van der Waals surface area contributed by atoms with Gasteiger partial charge in [0.25, 0.3) is 0 Å². The number of benzene rings is 2. The van der Waals surface area contributed by atoms with Crippen LogP contribution in [0.25, 0.3) is 0 Å². The fourth-order valence-corrected chi connectivity index (χ4v) is 2.96. The number of carbonyl (C=O) groups is 1. The van der Waals surface area contributed by atoms with Crippen LogP contribution in [0.1, 0.15) is 17.2 Å². The van der Waals surface area contributed by atoms with Gasteiger partial charge in [0.15, 0.2) is 0 Å². The van der Waals surface area contributed by atoms with Crippen molar-refractivity contribution >= 4 is 37.8 Å². The SMILES string of the molecule is O=C(Cc1cccc(Br)c1)NC(CBr)c1ccccc1.